The highest BCUT2D eigenvalue weighted by Gasteiger charge is 2.66. The molecular formula is C48H45F4N3+2. The molecule has 5 aromatic rings. The van der Waals surface area contributed by atoms with Gasteiger partial charge in [0.25, 0.3) is 0 Å². The Balaban J connectivity index is 1.78. The highest BCUT2D eigenvalue weighted by atomic mass is 19.1. The zero-order valence-electron chi connectivity index (χ0n) is 32.3. The average Bonchev–Trinajstić information content (AvgIpc) is 3.23. The molecule has 0 radical (unpaired) electrons. The van der Waals surface area contributed by atoms with Gasteiger partial charge in [-0.3, -0.25) is 4.98 Å². The van der Waals surface area contributed by atoms with Crippen LogP contribution in [0.5, 0.6) is 0 Å². The van der Waals surface area contributed by atoms with Crippen LogP contribution in [0.3, 0.4) is 0 Å². The van der Waals surface area contributed by atoms with Gasteiger partial charge >= 0.3 is 5.66 Å². The van der Waals surface area contributed by atoms with Crippen molar-refractivity contribution in [2.45, 2.75) is 71.4 Å². The van der Waals surface area contributed by atoms with Gasteiger partial charge in [-0.05, 0) is 84.3 Å². The quantitative estimate of drug-likeness (QED) is 0.133. The molecule has 55 heavy (non-hydrogen) atoms. The minimum Gasteiger partial charge on any atom is -0.256 e. The van der Waals surface area contributed by atoms with Crippen LogP contribution in [0.15, 0.2) is 134 Å². The van der Waals surface area contributed by atoms with Crippen molar-refractivity contribution in [1.82, 2.24) is 4.98 Å². The maximum absolute atomic E-state index is 17.1. The SMILES string of the molecule is C=C1c2ccccc2C(c2cc(F)cc(F)c2-c2cc(C(C)(C)C)ccn2)([n+]2ccc(C(C)(C)C)cc2-c2ccc(F)cc2F)/[N+]1=C1\C=CC=CCC1=CC. The summed E-state index contributed by atoms with van der Waals surface area (Å²) in [6.45, 7) is 19.0. The van der Waals surface area contributed by atoms with Gasteiger partial charge in [-0.1, -0.05) is 78.0 Å². The van der Waals surface area contributed by atoms with E-state index in [9.17, 15) is 4.39 Å². The zero-order valence-corrected chi connectivity index (χ0v) is 32.3. The van der Waals surface area contributed by atoms with Crippen molar-refractivity contribution < 1.29 is 26.7 Å². The molecule has 278 valence electrons. The van der Waals surface area contributed by atoms with Gasteiger partial charge < -0.3 is 0 Å². The number of benzene rings is 3. The number of fused-ring (bicyclic) bond motifs is 1. The van der Waals surface area contributed by atoms with E-state index in [1.165, 1.54) is 18.2 Å². The highest BCUT2D eigenvalue weighted by molar-refractivity contribution is 6.07. The first-order chi connectivity index (χ1) is 26.1. The lowest BCUT2D eigenvalue weighted by Gasteiger charge is -2.28. The van der Waals surface area contributed by atoms with E-state index in [4.69, 9.17) is 4.98 Å². The van der Waals surface area contributed by atoms with Crippen LogP contribution in [-0.4, -0.2) is 15.3 Å². The lowest BCUT2D eigenvalue weighted by Crippen LogP contribution is -2.64. The van der Waals surface area contributed by atoms with Crippen molar-refractivity contribution in [2.24, 2.45) is 0 Å². The minimum atomic E-state index is -1.66. The summed E-state index contributed by atoms with van der Waals surface area (Å²) in [6, 6.07) is 21.0. The molecule has 0 saturated carbocycles. The van der Waals surface area contributed by atoms with E-state index in [-0.39, 0.29) is 27.5 Å². The van der Waals surface area contributed by atoms with Gasteiger partial charge in [-0.25, -0.2) is 17.6 Å². The molecule has 2 aliphatic rings. The van der Waals surface area contributed by atoms with Crippen LogP contribution in [0, 0.1) is 23.3 Å². The first-order valence-corrected chi connectivity index (χ1v) is 18.5. The van der Waals surface area contributed by atoms with Crippen molar-refractivity contribution in [1.29, 1.82) is 0 Å². The van der Waals surface area contributed by atoms with Crippen molar-refractivity contribution >= 4 is 11.4 Å². The molecule has 1 unspecified atom stereocenters. The number of allylic oxidation sites excluding steroid dienone is 6. The van der Waals surface area contributed by atoms with E-state index < -0.39 is 28.9 Å². The van der Waals surface area contributed by atoms with Crippen LogP contribution in [0.4, 0.5) is 17.6 Å². The lowest BCUT2D eigenvalue weighted by atomic mass is 9.82. The second kappa shape index (κ2) is 13.9. The summed E-state index contributed by atoms with van der Waals surface area (Å²) < 4.78 is 68.2. The number of pyridine rings is 2. The first-order valence-electron chi connectivity index (χ1n) is 18.5. The molecular weight excluding hydrogens is 695 g/mol. The van der Waals surface area contributed by atoms with Gasteiger partial charge in [0, 0.05) is 42.1 Å². The van der Waals surface area contributed by atoms with Gasteiger partial charge in [0.1, 0.15) is 34.4 Å². The molecule has 0 saturated heterocycles. The fraction of sp³-hybridized carbons (Fsp3) is 0.229. The maximum Gasteiger partial charge on any atom is 0.418 e. The fourth-order valence-electron chi connectivity index (χ4n) is 7.84. The number of hydrogen-bond donors (Lipinski definition) is 0. The molecule has 2 aromatic heterocycles. The van der Waals surface area contributed by atoms with Gasteiger partial charge in [0.15, 0.2) is 6.20 Å². The molecule has 0 bridgehead atoms. The summed E-state index contributed by atoms with van der Waals surface area (Å²) in [5.41, 5.74) is 4.16. The van der Waals surface area contributed by atoms with Crippen LogP contribution in [0.2, 0.25) is 0 Å². The summed E-state index contributed by atoms with van der Waals surface area (Å²) >= 11 is 0. The predicted octanol–water partition coefficient (Wildman–Crippen LogP) is 11.5. The second-order valence-corrected chi connectivity index (χ2v) is 16.2. The van der Waals surface area contributed by atoms with E-state index >= 15 is 13.2 Å². The molecule has 3 aromatic carbocycles. The van der Waals surface area contributed by atoms with E-state index in [0.717, 1.165) is 40.1 Å². The van der Waals surface area contributed by atoms with E-state index in [0.29, 0.717) is 29.1 Å². The van der Waals surface area contributed by atoms with Gasteiger partial charge in [-0.2, -0.15) is 0 Å². The van der Waals surface area contributed by atoms with Crippen LogP contribution in [0.25, 0.3) is 28.2 Å². The molecule has 1 aliphatic carbocycles. The third kappa shape index (κ3) is 6.39. The molecule has 1 atom stereocenters. The van der Waals surface area contributed by atoms with E-state index in [1.54, 1.807) is 6.20 Å². The van der Waals surface area contributed by atoms with Gasteiger partial charge in [0.2, 0.25) is 17.1 Å². The second-order valence-electron chi connectivity index (χ2n) is 16.2. The zero-order chi connectivity index (χ0) is 39.4. The molecule has 0 spiro atoms. The molecule has 3 nitrogen and oxygen atoms in total. The van der Waals surface area contributed by atoms with Crippen LogP contribution < -0.4 is 4.57 Å². The number of halogens is 4. The summed E-state index contributed by atoms with van der Waals surface area (Å²) in [5, 5.41) is 0. The Kier molecular flexibility index (Phi) is 9.48. The van der Waals surface area contributed by atoms with Crippen LogP contribution in [-0.2, 0) is 16.5 Å². The molecule has 7 rings (SSSR count). The topological polar surface area (TPSA) is 19.8 Å². The van der Waals surface area contributed by atoms with Crippen molar-refractivity contribution in [3.8, 4) is 22.5 Å². The van der Waals surface area contributed by atoms with E-state index in [2.05, 4.69) is 48.1 Å². The normalized spacial score (nSPS) is 19.3. The predicted molar refractivity (Wildman–Crippen MR) is 213 cm³/mol. The summed E-state index contributed by atoms with van der Waals surface area (Å²) in [5.74, 6) is -3.11. The maximum atomic E-state index is 17.1. The van der Waals surface area contributed by atoms with Crippen LogP contribution in [0.1, 0.15) is 82.7 Å². The fourth-order valence-corrected chi connectivity index (χ4v) is 7.84. The lowest BCUT2D eigenvalue weighted by molar-refractivity contribution is -0.875. The summed E-state index contributed by atoms with van der Waals surface area (Å²) in [6.07, 6.45) is 14.0. The molecule has 0 N–H and O–H groups in total. The molecule has 3 heterocycles. The van der Waals surface area contributed by atoms with Gasteiger partial charge in [-0.15, -0.1) is 9.14 Å². The monoisotopic (exact) mass is 739 g/mol. The Morgan fingerprint density at radius 1 is 0.745 bits per heavy atom. The van der Waals surface area contributed by atoms with Gasteiger partial charge in [0.05, 0.1) is 22.4 Å². The third-order valence-corrected chi connectivity index (χ3v) is 10.7. The number of hydrogen-bond acceptors (Lipinski definition) is 1. The smallest absolute Gasteiger partial charge is 0.256 e. The first kappa shape index (κ1) is 37.6. The Hall–Kier alpha value is -5.69. The third-order valence-electron chi connectivity index (χ3n) is 10.7. The molecule has 0 amide bonds. The van der Waals surface area contributed by atoms with Crippen molar-refractivity contribution in [3.05, 3.63) is 185 Å². The standard InChI is InChI=1S/C48H45F4N3/c1-9-31-15-11-10-12-18-43(31)55-30(2)36-16-13-14-17-38(36)48(55,39-27-35(50)29-41(52)45(39)42-25-32(21-23-53-42)46(3,4)5)54-24-22-33(47(6,7)8)26-44(54)37-20-19-34(49)28-40(37)51/h9-14,16-29H,2,15H2,1,3-8H3/q+2/b31-9?,55-43+. The van der Waals surface area contributed by atoms with Crippen molar-refractivity contribution in [2.75, 3.05) is 0 Å². The molecule has 7 heteroatoms. The number of aromatic nitrogens is 2. The Morgan fingerprint density at radius 3 is 2.16 bits per heavy atom. The van der Waals surface area contributed by atoms with Crippen LogP contribution >= 0.6 is 0 Å². The Bertz CT molecular complexity index is 2510. The molecule has 1 aliphatic heterocycles. The summed E-state index contributed by atoms with van der Waals surface area (Å²) in [7, 11) is 0. The number of rotatable bonds is 4. The number of nitrogens with zero attached hydrogens (tertiary/aromatic N) is 3. The Labute approximate surface area is 321 Å². The summed E-state index contributed by atoms with van der Waals surface area (Å²) in [4.78, 5) is 4.72. The van der Waals surface area contributed by atoms with E-state index in [1.807, 2.05) is 101 Å². The Morgan fingerprint density at radius 2 is 1.45 bits per heavy atom. The minimum absolute atomic E-state index is 0.0817. The average molecular weight is 740 g/mol. The molecule has 0 fully saturated rings. The van der Waals surface area contributed by atoms with Crippen molar-refractivity contribution in [3.63, 3.8) is 0 Å². The highest BCUT2D eigenvalue weighted by Crippen LogP contribution is 2.50. The largest absolute Gasteiger partial charge is 0.418 e.